The lowest BCUT2D eigenvalue weighted by atomic mass is 9.77. The van der Waals surface area contributed by atoms with Crippen molar-refractivity contribution in [2.24, 2.45) is 5.41 Å². The predicted molar refractivity (Wildman–Crippen MR) is 155 cm³/mol. The van der Waals surface area contributed by atoms with Crippen LogP contribution in [0.3, 0.4) is 0 Å². The summed E-state index contributed by atoms with van der Waals surface area (Å²) in [6, 6.07) is 24.1. The average molecular weight is 525 g/mol. The first-order valence-electron chi connectivity index (χ1n) is 12.9. The van der Waals surface area contributed by atoms with Crippen molar-refractivity contribution in [2.75, 3.05) is 0 Å². The highest BCUT2D eigenvalue weighted by Gasteiger charge is 2.27. The molecule has 4 aromatic rings. The van der Waals surface area contributed by atoms with Crippen LogP contribution in [-0.2, 0) is 11.3 Å². The number of halogens is 1. The number of nitrogens with zero attached hydrogens (tertiary/aromatic N) is 2. The summed E-state index contributed by atoms with van der Waals surface area (Å²) in [5.41, 5.74) is 6.58. The minimum absolute atomic E-state index is 0.00926. The zero-order chi connectivity index (χ0) is 27.0. The summed E-state index contributed by atoms with van der Waals surface area (Å²) in [4.78, 5) is 11.9. The van der Waals surface area contributed by atoms with Crippen LogP contribution in [0.25, 0.3) is 16.7 Å². The van der Waals surface area contributed by atoms with Crippen molar-refractivity contribution in [1.29, 1.82) is 5.41 Å². The fourth-order valence-electron chi connectivity index (χ4n) is 5.15. The van der Waals surface area contributed by atoms with Gasteiger partial charge in [-0.2, -0.15) is 0 Å². The fourth-order valence-corrected chi connectivity index (χ4v) is 5.35. The van der Waals surface area contributed by atoms with Gasteiger partial charge in [-0.1, -0.05) is 93.1 Å². The molecule has 1 aromatic heterocycles. The van der Waals surface area contributed by atoms with Crippen molar-refractivity contribution in [1.82, 2.24) is 14.5 Å². The van der Waals surface area contributed by atoms with E-state index in [9.17, 15) is 4.79 Å². The summed E-state index contributed by atoms with van der Waals surface area (Å²) >= 11 is 6.46. The van der Waals surface area contributed by atoms with Crippen LogP contribution < -0.4 is 10.9 Å². The summed E-state index contributed by atoms with van der Waals surface area (Å²) in [6.45, 7) is 8.67. The summed E-state index contributed by atoms with van der Waals surface area (Å²) in [6.07, 6.45) is 6.50. The molecule has 38 heavy (non-hydrogen) atoms. The van der Waals surface area contributed by atoms with Crippen molar-refractivity contribution in [2.45, 2.75) is 46.2 Å². The molecule has 2 unspecified atom stereocenters. The summed E-state index contributed by atoms with van der Waals surface area (Å²) < 4.78 is 3.96. The molecule has 1 amide bonds. The van der Waals surface area contributed by atoms with E-state index in [2.05, 4.69) is 68.6 Å². The second-order valence-electron chi connectivity index (χ2n) is 10.9. The molecule has 1 heterocycles. The number of imidazole rings is 1. The maximum Gasteiger partial charge on any atom is 0.217 e. The molecule has 194 valence electrons. The van der Waals surface area contributed by atoms with Crippen molar-refractivity contribution in [3.63, 3.8) is 0 Å². The second kappa shape index (κ2) is 10.1. The molecule has 1 aliphatic rings. The highest BCUT2D eigenvalue weighted by atomic mass is 35.5. The lowest BCUT2D eigenvalue weighted by Gasteiger charge is -2.31. The smallest absolute Gasteiger partial charge is 0.217 e. The molecule has 3 aromatic carbocycles. The van der Waals surface area contributed by atoms with E-state index >= 15 is 0 Å². The van der Waals surface area contributed by atoms with Crippen LogP contribution in [0.1, 0.15) is 44.7 Å². The number of benzene rings is 3. The number of hydrogen-bond donors (Lipinski definition) is 2. The molecule has 2 atom stereocenters. The number of hydrogen-bond acceptors (Lipinski definition) is 2. The topological polar surface area (TPSA) is 62.8 Å². The molecule has 0 saturated carbocycles. The Labute approximate surface area is 228 Å². The Kier molecular flexibility index (Phi) is 6.89. The summed E-state index contributed by atoms with van der Waals surface area (Å²) in [7, 11) is 0. The number of para-hydroxylation sites is 2. The first-order valence-corrected chi connectivity index (χ1v) is 13.3. The van der Waals surface area contributed by atoms with Gasteiger partial charge in [0.1, 0.15) is 0 Å². The number of amides is 1. The molecular formula is C32H33ClN4O. The van der Waals surface area contributed by atoms with E-state index in [1.54, 1.807) is 6.92 Å². The average Bonchev–Trinajstić information content (AvgIpc) is 3.16. The standard InChI is InChI=1S/C32H33ClN4O/c1-21(38)35-28-18-15-24(32(2,3)4)19-26(28)22-13-16-25(17-14-22)37-30-12-8-7-11-29(30)36(31(37)34)20-23-9-5-6-10-27(23)33/h5-19,26,28,34H,20H2,1-4H3,(H,35,38). The molecule has 5 rings (SSSR count). The lowest BCUT2D eigenvalue weighted by molar-refractivity contribution is -0.119. The Morgan fingerprint density at radius 3 is 2.29 bits per heavy atom. The number of rotatable bonds is 5. The van der Waals surface area contributed by atoms with Crippen molar-refractivity contribution < 1.29 is 4.79 Å². The maximum atomic E-state index is 11.9. The Hall–Kier alpha value is -3.83. The monoisotopic (exact) mass is 524 g/mol. The quantitative estimate of drug-likeness (QED) is 0.298. The fraction of sp³-hybridized carbons (Fsp3) is 0.250. The molecule has 1 aliphatic carbocycles. The number of aromatic nitrogens is 2. The van der Waals surface area contributed by atoms with Gasteiger partial charge in [0, 0.05) is 23.6 Å². The van der Waals surface area contributed by atoms with Crippen LogP contribution in [0.15, 0.2) is 96.6 Å². The van der Waals surface area contributed by atoms with E-state index in [-0.39, 0.29) is 23.3 Å². The van der Waals surface area contributed by atoms with Gasteiger partial charge in [-0.15, -0.1) is 0 Å². The van der Waals surface area contributed by atoms with Gasteiger partial charge in [0.05, 0.1) is 23.6 Å². The maximum absolute atomic E-state index is 11.9. The van der Waals surface area contributed by atoms with Gasteiger partial charge in [0.15, 0.2) is 0 Å². The molecule has 6 heteroatoms. The van der Waals surface area contributed by atoms with Gasteiger partial charge in [0.25, 0.3) is 0 Å². The molecule has 0 fully saturated rings. The normalized spacial score (nSPS) is 17.4. The van der Waals surface area contributed by atoms with Gasteiger partial charge < -0.3 is 9.88 Å². The minimum Gasteiger partial charge on any atom is -0.349 e. The van der Waals surface area contributed by atoms with Gasteiger partial charge in [0.2, 0.25) is 11.5 Å². The van der Waals surface area contributed by atoms with Gasteiger partial charge in [-0.05, 0) is 52.4 Å². The highest BCUT2D eigenvalue weighted by molar-refractivity contribution is 6.31. The van der Waals surface area contributed by atoms with Crippen molar-refractivity contribution in [3.8, 4) is 5.69 Å². The van der Waals surface area contributed by atoms with Gasteiger partial charge in [-0.3, -0.25) is 14.8 Å². The molecule has 0 bridgehead atoms. The van der Waals surface area contributed by atoms with Crippen molar-refractivity contribution >= 4 is 28.5 Å². The SMILES string of the molecule is CC(=O)NC1C=CC(C(C)(C)C)=CC1c1ccc(-n2c(=N)n(Cc3ccccc3Cl)c3ccccc32)cc1. The number of carbonyl (C=O) groups excluding carboxylic acids is 1. The van der Waals surface area contributed by atoms with Gasteiger partial charge >= 0.3 is 0 Å². The lowest BCUT2D eigenvalue weighted by Crippen LogP contribution is -2.37. The third-order valence-corrected chi connectivity index (χ3v) is 7.54. The highest BCUT2D eigenvalue weighted by Crippen LogP contribution is 2.36. The third-order valence-electron chi connectivity index (χ3n) is 7.17. The summed E-state index contributed by atoms with van der Waals surface area (Å²) in [5.74, 6) is -0.0242. The first-order chi connectivity index (χ1) is 18.1. The largest absolute Gasteiger partial charge is 0.349 e. The molecule has 0 spiro atoms. The van der Waals surface area contributed by atoms with E-state index in [0.29, 0.717) is 17.2 Å². The Bertz CT molecular complexity index is 1620. The number of allylic oxidation sites excluding steroid dienone is 2. The molecule has 0 aliphatic heterocycles. The summed E-state index contributed by atoms with van der Waals surface area (Å²) in [5, 5.41) is 12.9. The second-order valence-corrected chi connectivity index (χ2v) is 11.3. The molecule has 2 N–H and O–H groups in total. The Morgan fingerprint density at radius 2 is 1.63 bits per heavy atom. The number of nitrogens with one attached hydrogen (secondary N) is 2. The minimum atomic E-state index is -0.110. The van der Waals surface area contributed by atoms with E-state index in [1.165, 1.54) is 5.57 Å². The van der Waals surface area contributed by atoms with Crippen LogP contribution in [0, 0.1) is 10.8 Å². The van der Waals surface area contributed by atoms with E-state index in [0.717, 1.165) is 27.8 Å². The van der Waals surface area contributed by atoms with Gasteiger partial charge in [-0.25, -0.2) is 0 Å². The van der Waals surface area contributed by atoms with Crippen LogP contribution >= 0.6 is 11.6 Å². The molecule has 0 radical (unpaired) electrons. The predicted octanol–water partition coefficient (Wildman–Crippen LogP) is 6.74. The first kappa shape index (κ1) is 25.8. The van der Waals surface area contributed by atoms with Crippen LogP contribution in [-0.4, -0.2) is 21.1 Å². The van der Waals surface area contributed by atoms with E-state index in [1.807, 2.05) is 57.7 Å². The van der Waals surface area contributed by atoms with E-state index < -0.39 is 0 Å². The molecule has 0 saturated heterocycles. The van der Waals surface area contributed by atoms with E-state index in [4.69, 9.17) is 17.0 Å². The zero-order valence-electron chi connectivity index (χ0n) is 22.2. The zero-order valence-corrected chi connectivity index (χ0v) is 23.0. The molecule has 5 nitrogen and oxygen atoms in total. The Balaban J connectivity index is 1.55. The van der Waals surface area contributed by atoms with Crippen LogP contribution in [0.5, 0.6) is 0 Å². The Morgan fingerprint density at radius 1 is 0.974 bits per heavy atom. The van der Waals surface area contributed by atoms with Crippen molar-refractivity contribution in [3.05, 3.63) is 118 Å². The number of fused-ring (bicyclic) bond motifs is 1. The number of carbonyl (C=O) groups is 1. The van der Waals surface area contributed by atoms with Crippen LogP contribution in [0.4, 0.5) is 0 Å². The molecular weight excluding hydrogens is 492 g/mol. The third kappa shape index (κ3) is 4.99. The van der Waals surface area contributed by atoms with Crippen LogP contribution in [0.2, 0.25) is 5.02 Å².